The van der Waals surface area contributed by atoms with Gasteiger partial charge in [-0.25, -0.2) is 0 Å². The van der Waals surface area contributed by atoms with Gasteiger partial charge < -0.3 is 9.64 Å². The molecule has 1 saturated heterocycles. The second-order valence-electron chi connectivity index (χ2n) is 9.68. The predicted molar refractivity (Wildman–Crippen MR) is 95.7 cm³/mol. The Labute approximate surface area is 151 Å². The van der Waals surface area contributed by atoms with Gasteiger partial charge in [0.15, 0.2) is 0 Å². The molecule has 0 N–H and O–H groups in total. The normalized spacial score (nSPS) is 49.2. The van der Waals surface area contributed by atoms with E-state index < -0.39 is 0 Å². The van der Waals surface area contributed by atoms with Gasteiger partial charge in [-0.05, 0) is 73.5 Å². The molecule has 4 fully saturated rings. The SMILES string of the molecule is COC(=O)C1CC[C@H]2C3CC[C@H]4N(C)C(=O)CC[C@]4(C)C3CC[C@]12C. The number of rotatable bonds is 1. The molecule has 3 unspecified atom stereocenters. The number of piperidine rings is 1. The lowest BCUT2D eigenvalue weighted by atomic mass is 9.47. The van der Waals surface area contributed by atoms with Crippen molar-refractivity contribution in [1.29, 1.82) is 0 Å². The van der Waals surface area contributed by atoms with Crippen molar-refractivity contribution in [3.05, 3.63) is 0 Å². The highest BCUT2D eigenvalue weighted by Crippen LogP contribution is 2.66. The fraction of sp³-hybridized carbons (Fsp3) is 0.905. The summed E-state index contributed by atoms with van der Waals surface area (Å²) >= 11 is 0. The van der Waals surface area contributed by atoms with Crippen molar-refractivity contribution >= 4 is 11.9 Å². The van der Waals surface area contributed by atoms with Gasteiger partial charge >= 0.3 is 5.97 Å². The van der Waals surface area contributed by atoms with Crippen LogP contribution in [-0.2, 0) is 14.3 Å². The van der Waals surface area contributed by atoms with Gasteiger partial charge in [-0.3, -0.25) is 9.59 Å². The van der Waals surface area contributed by atoms with Gasteiger partial charge in [-0.15, -0.1) is 0 Å². The van der Waals surface area contributed by atoms with Crippen LogP contribution < -0.4 is 0 Å². The lowest BCUT2D eigenvalue weighted by molar-refractivity contribution is -0.164. The molecular weight excluding hydrogens is 314 g/mol. The van der Waals surface area contributed by atoms with Crippen LogP contribution in [0.4, 0.5) is 0 Å². The minimum absolute atomic E-state index is 0.00587. The average Bonchev–Trinajstić information content (AvgIpc) is 2.95. The molecule has 140 valence electrons. The first-order valence-electron chi connectivity index (χ1n) is 10.2. The highest BCUT2D eigenvalue weighted by atomic mass is 16.5. The Morgan fingerprint density at radius 1 is 1.04 bits per heavy atom. The second-order valence-corrected chi connectivity index (χ2v) is 9.68. The summed E-state index contributed by atoms with van der Waals surface area (Å²) in [6.45, 7) is 4.81. The van der Waals surface area contributed by atoms with Crippen LogP contribution in [0.1, 0.15) is 65.2 Å². The fourth-order valence-corrected chi connectivity index (χ4v) is 7.68. The van der Waals surface area contributed by atoms with Gasteiger partial charge in [-0.1, -0.05) is 13.8 Å². The van der Waals surface area contributed by atoms with E-state index in [4.69, 9.17) is 4.74 Å². The van der Waals surface area contributed by atoms with Crippen LogP contribution in [0.3, 0.4) is 0 Å². The smallest absolute Gasteiger partial charge is 0.309 e. The third-order valence-electron chi connectivity index (χ3n) is 9.04. The summed E-state index contributed by atoms with van der Waals surface area (Å²) < 4.78 is 5.13. The molecule has 3 saturated carbocycles. The van der Waals surface area contributed by atoms with E-state index in [9.17, 15) is 9.59 Å². The van der Waals surface area contributed by atoms with E-state index in [0.29, 0.717) is 30.2 Å². The lowest BCUT2D eigenvalue weighted by Gasteiger charge is -2.61. The average molecular weight is 347 g/mol. The predicted octanol–water partition coefficient (Wildman–Crippen LogP) is 3.64. The van der Waals surface area contributed by atoms with Crippen molar-refractivity contribution in [2.24, 2.45) is 34.5 Å². The van der Waals surface area contributed by atoms with Crippen LogP contribution >= 0.6 is 0 Å². The number of hydrogen-bond donors (Lipinski definition) is 0. The number of hydrogen-bond acceptors (Lipinski definition) is 3. The largest absolute Gasteiger partial charge is 0.469 e. The maximum Gasteiger partial charge on any atom is 0.309 e. The zero-order valence-electron chi connectivity index (χ0n) is 16.2. The molecule has 0 aromatic carbocycles. The van der Waals surface area contributed by atoms with Gasteiger partial charge in [0.25, 0.3) is 0 Å². The van der Waals surface area contributed by atoms with Crippen LogP contribution in [0, 0.1) is 34.5 Å². The Morgan fingerprint density at radius 2 is 1.76 bits per heavy atom. The first kappa shape index (κ1) is 17.4. The third kappa shape index (κ3) is 2.24. The highest BCUT2D eigenvalue weighted by Gasteiger charge is 2.62. The Hall–Kier alpha value is -1.06. The number of carbonyl (C=O) groups is 2. The molecule has 4 rings (SSSR count). The summed E-state index contributed by atoms with van der Waals surface area (Å²) in [5.41, 5.74) is 0.379. The molecule has 0 spiro atoms. The van der Waals surface area contributed by atoms with Crippen LogP contribution in [0.5, 0.6) is 0 Å². The number of esters is 1. The first-order valence-corrected chi connectivity index (χ1v) is 10.2. The third-order valence-corrected chi connectivity index (χ3v) is 9.04. The van der Waals surface area contributed by atoms with Crippen LogP contribution in [0.15, 0.2) is 0 Å². The van der Waals surface area contributed by atoms with E-state index in [-0.39, 0.29) is 22.7 Å². The molecule has 0 aromatic heterocycles. The van der Waals surface area contributed by atoms with Crippen molar-refractivity contribution in [3.8, 4) is 0 Å². The van der Waals surface area contributed by atoms with E-state index >= 15 is 0 Å². The Balaban J connectivity index is 1.62. The number of fused-ring (bicyclic) bond motifs is 5. The second kappa shape index (κ2) is 5.72. The van der Waals surface area contributed by atoms with E-state index in [1.165, 1.54) is 26.4 Å². The molecule has 0 bridgehead atoms. The molecular formula is C21H33NO3. The van der Waals surface area contributed by atoms with Crippen LogP contribution in [0.2, 0.25) is 0 Å². The van der Waals surface area contributed by atoms with Gasteiger partial charge in [0.1, 0.15) is 0 Å². The number of amides is 1. The summed E-state index contributed by atoms with van der Waals surface area (Å²) in [6, 6.07) is 0.414. The minimum atomic E-state index is 0.00587. The van der Waals surface area contributed by atoms with Gasteiger partial charge in [0.2, 0.25) is 5.91 Å². The summed E-state index contributed by atoms with van der Waals surface area (Å²) in [7, 11) is 3.55. The maximum absolute atomic E-state index is 12.3. The summed E-state index contributed by atoms with van der Waals surface area (Å²) in [5, 5.41) is 0. The molecule has 4 nitrogen and oxygen atoms in total. The first-order chi connectivity index (χ1) is 11.8. The van der Waals surface area contributed by atoms with E-state index in [0.717, 1.165) is 31.6 Å². The summed E-state index contributed by atoms with van der Waals surface area (Å²) in [4.78, 5) is 26.6. The molecule has 1 heterocycles. The zero-order valence-corrected chi connectivity index (χ0v) is 16.2. The molecule has 4 heteroatoms. The molecule has 3 aliphatic carbocycles. The minimum Gasteiger partial charge on any atom is -0.469 e. The van der Waals surface area contributed by atoms with E-state index in [2.05, 4.69) is 18.7 Å². The molecule has 7 atom stereocenters. The number of ether oxygens (including phenoxy) is 1. The lowest BCUT2D eigenvalue weighted by Crippen LogP contribution is -2.61. The number of nitrogens with zero attached hydrogens (tertiary/aromatic N) is 1. The van der Waals surface area contributed by atoms with Crippen molar-refractivity contribution in [2.45, 2.75) is 71.3 Å². The fourth-order valence-electron chi connectivity index (χ4n) is 7.68. The quantitative estimate of drug-likeness (QED) is 0.680. The van der Waals surface area contributed by atoms with Crippen molar-refractivity contribution in [2.75, 3.05) is 14.2 Å². The standard InChI is InChI=1S/C21H33NO3/c1-20-11-9-15-13(14(20)6-7-16(20)19(24)25-4)5-8-17-21(15,2)12-10-18(23)22(17)3/h13-17H,5-12H2,1-4H3/t13?,14-,15?,16?,17+,20-,21+/m0/s1. The molecule has 25 heavy (non-hydrogen) atoms. The highest BCUT2D eigenvalue weighted by molar-refractivity contribution is 5.77. The number of likely N-dealkylation sites (tertiary alicyclic amines) is 1. The van der Waals surface area contributed by atoms with Crippen LogP contribution in [0.25, 0.3) is 0 Å². The Kier molecular flexibility index (Phi) is 3.97. The van der Waals surface area contributed by atoms with Gasteiger partial charge in [-0.2, -0.15) is 0 Å². The Bertz CT molecular complexity index is 590. The monoisotopic (exact) mass is 347 g/mol. The van der Waals surface area contributed by atoms with E-state index in [1.54, 1.807) is 0 Å². The molecule has 0 radical (unpaired) electrons. The van der Waals surface area contributed by atoms with E-state index in [1.807, 2.05) is 7.05 Å². The molecule has 1 amide bonds. The molecule has 1 aliphatic heterocycles. The van der Waals surface area contributed by atoms with Crippen molar-refractivity contribution < 1.29 is 14.3 Å². The van der Waals surface area contributed by atoms with Crippen LogP contribution in [-0.4, -0.2) is 37.0 Å². The summed E-state index contributed by atoms with van der Waals surface area (Å²) in [5.74, 6) is 2.49. The van der Waals surface area contributed by atoms with Crippen molar-refractivity contribution in [1.82, 2.24) is 4.90 Å². The molecule has 4 aliphatic rings. The van der Waals surface area contributed by atoms with Gasteiger partial charge in [0, 0.05) is 19.5 Å². The summed E-state index contributed by atoms with van der Waals surface area (Å²) in [6.07, 6.45) is 8.62. The number of methoxy groups -OCH3 is 1. The molecule has 0 aromatic rings. The van der Waals surface area contributed by atoms with Gasteiger partial charge in [0.05, 0.1) is 13.0 Å². The topological polar surface area (TPSA) is 46.6 Å². The maximum atomic E-state index is 12.3. The van der Waals surface area contributed by atoms with Crippen molar-refractivity contribution in [3.63, 3.8) is 0 Å². The zero-order chi connectivity index (χ0) is 18.0. The Morgan fingerprint density at radius 3 is 2.48 bits per heavy atom. The number of carbonyl (C=O) groups excluding carboxylic acids is 2.